The lowest BCUT2D eigenvalue weighted by Gasteiger charge is -2.11. The number of rotatable bonds is 6. The fourth-order valence-electron chi connectivity index (χ4n) is 1.26. The van der Waals surface area contributed by atoms with Crippen LogP contribution in [0.1, 0.15) is 11.6 Å². The van der Waals surface area contributed by atoms with Crippen molar-refractivity contribution in [2.45, 2.75) is 6.04 Å². The topological polar surface area (TPSA) is 52.3 Å². The molecular formula is C11H17NO2S. The molecule has 0 heterocycles. The van der Waals surface area contributed by atoms with Crippen molar-refractivity contribution in [1.82, 2.24) is 0 Å². The van der Waals surface area contributed by atoms with E-state index >= 15 is 0 Å². The van der Waals surface area contributed by atoms with Crippen molar-refractivity contribution in [2.75, 3.05) is 25.2 Å². The van der Waals surface area contributed by atoms with Gasteiger partial charge in [-0.05, 0) is 5.56 Å². The maximum absolute atomic E-state index is 11.5. The van der Waals surface area contributed by atoms with Gasteiger partial charge in [0.2, 0.25) is 0 Å². The summed E-state index contributed by atoms with van der Waals surface area (Å²) in [5, 5.41) is 0. The molecule has 0 fully saturated rings. The van der Waals surface area contributed by atoms with Gasteiger partial charge in [0.25, 0.3) is 0 Å². The Morgan fingerprint density at radius 3 is 2.67 bits per heavy atom. The molecule has 0 spiro atoms. The third kappa shape index (κ3) is 4.55. The second kappa shape index (κ2) is 6.71. The first-order chi connectivity index (χ1) is 7.24. The van der Waals surface area contributed by atoms with Crippen LogP contribution in [0, 0.1) is 0 Å². The highest BCUT2D eigenvalue weighted by atomic mass is 32.2. The smallest absolute Gasteiger partial charge is 0.0577 e. The van der Waals surface area contributed by atoms with Crippen LogP contribution in [0.3, 0.4) is 0 Å². The quantitative estimate of drug-likeness (QED) is 0.791. The molecule has 0 saturated carbocycles. The number of hydrogen-bond donors (Lipinski definition) is 1. The fourth-order valence-corrected chi connectivity index (χ4v) is 2.37. The van der Waals surface area contributed by atoms with Crippen LogP contribution in [0.15, 0.2) is 30.3 Å². The van der Waals surface area contributed by atoms with Gasteiger partial charge in [-0.3, -0.25) is 4.21 Å². The fraction of sp³-hybridized carbons (Fsp3) is 0.455. The summed E-state index contributed by atoms with van der Waals surface area (Å²) in [5.74, 6) is 1.05. The molecule has 4 heteroatoms. The van der Waals surface area contributed by atoms with E-state index in [4.69, 9.17) is 10.5 Å². The molecule has 84 valence electrons. The zero-order chi connectivity index (χ0) is 11.1. The molecule has 0 amide bonds. The summed E-state index contributed by atoms with van der Waals surface area (Å²) in [4.78, 5) is 0. The molecule has 3 nitrogen and oxygen atoms in total. The Bertz CT molecular complexity index is 303. The van der Waals surface area contributed by atoms with E-state index in [2.05, 4.69) is 0 Å². The van der Waals surface area contributed by atoms with Gasteiger partial charge in [-0.15, -0.1) is 0 Å². The third-order valence-electron chi connectivity index (χ3n) is 2.11. The Balaban J connectivity index is 2.42. The molecule has 1 aromatic carbocycles. The molecule has 15 heavy (non-hydrogen) atoms. The van der Waals surface area contributed by atoms with Gasteiger partial charge in [-0.2, -0.15) is 0 Å². The van der Waals surface area contributed by atoms with Gasteiger partial charge >= 0.3 is 0 Å². The molecule has 2 N–H and O–H groups in total. The number of methoxy groups -OCH3 is 1. The second-order valence-electron chi connectivity index (χ2n) is 3.32. The van der Waals surface area contributed by atoms with Crippen molar-refractivity contribution in [1.29, 1.82) is 0 Å². The maximum Gasteiger partial charge on any atom is 0.0577 e. The molecule has 2 atom stereocenters. The minimum Gasteiger partial charge on any atom is -0.384 e. The van der Waals surface area contributed by atoms with Crippen molar-refractivity contribution in [3.8, 4) is 0 Å². The molecule has 0 saturated heterocycles. The monoisotopic (exact) mass is 227 g/mol. The summed E-state index contributed by atoms with van der Waals surface area (Å²) in [6.45, 7) is 0.522. The number of hydrogen-bond acceptors (Lipinski definition) is 3. The summed E-state index contributed by atoms with van der Waals surface area (Å²) >= 11 is 0. The lowest BCUT2D eigenvalue weighted by atomic mass is 10.1. The van der Waals surface area contributed by atoms with E-state index in [0.717, 1.165) is 5.56 Å². The van der Waals surface area contributed by atoms with Gasteiger partial charge < -0.3 is 10.5 Å². The predicted molar refractivity (Wildman–Crippen MR) is 63.1 cm³/mol. The molecule has 0 aliphatic rings. The van der Waals surface area contributed by atoms with E-state index in [9.17, 15) is 4.21 Å². The van der Waals surface area contributed by atoms with Crippen molar-refractivity contribution in [2.24, 2.45) is 5.73 Å². The molecule has 0 bridgehead atoms. The Morgan fingerprint density at radius 1 is 1.40 bits per heavy atom. The van der Waals surface area contributed by atoms with Crippen LogP contribution in [0.25, 0.3) is 0 Å². The summed E-state index contributed by atoms with van der Waals surface area (Å²) in [5.41, 5.74) is 6.96. The maximum atomic E-state index is 11.5. The van der Waals surface area contributed by atoms with Crippen LogP contribution in [0.2, 0.25) is 0 Å². The Morgan fingerprint density at radius 2 is 2.07 bits per heavy atom. The largest absolute Gasteiger partial charge is 0.384 e. The Labute approximate surface area is 93.1 Å². The van der Waals surface area contributed by atoms with Gasteiger partial charge in [0, 0.05) is 35.5 Å². The summed E-state index contributed by atoms with van der Waals surface area (Å²) < 4.78 is 16.4. The van der Waals surface area contributed by atoms with E-state index in [1.54, 1.807) is 7.11 Å². The van der Waals surface area contributed by atoms with Crippen LogP contribution in [0.5, 0.6) is 0 Å². The van der Waals surface area contributed by atoms with Crippen LogP contribution < -0.4 is 5.73 Å². The molecule has 2 unspecified atom stereocenters. The lowest BCUT2D eigenvalue weighted by molar-refractivity contribution is 0.218. The highest BCUT2D eigenvalue weighted by molar-refractivity contribution is 7.85. The molecule has 0 aliphatic heterocycles. The zero-order valence-corrected chi connectivity index (χ0v) is 9.70. The average molecular weight is 227 g/mol. The van der Waals surface area contributed by atoms with Crippen LogP contribution in [-0.2, 0) is 15.5 Å². The number of benzene rings is 1. The van der Waals surface area contributed by atoms with Crippen molar-refractivity contribution < 1.29 is 8.95 Å². The molecule has 0 aromatic heterocycles. The lowest BCUT2D eigenvalue weighted by Crippen LogP contribution is -2.20. The summed E-state index contributed by atoms with van der Waals surface area (Å²) in [6.07, 6.45) is 0. The zero-order valence-electron chi connectivity index (χ0n) is 8.89. The minimum absolute atomic E-state index is 0.149. The highest BCUT2D eigenvalue weighted by Gasteiger charge is 2.09. The molecule has 0 radical (unpaired) electrons. The first-order valence-corrected chi connectivity index (χ1v) is 6.37. The van der Waals surface area contributed by atoms with Gasteiger partial charge in [0.05, 0.1) is 6.61 Å². The van der Waals surface area contributed by atoms with Crippen LogP contribution in [0.4, 0.5) is 0 Å². The molecule has 1 aromatic rings. The highest BCUT2D eigenvalue weighted by Crippen LogP contribution is 2.10. The summed E-state index contributed by atoms with van der Waals surface area (Å²) in [7, 11) is 0.705. The minimum atomic E-state index is -0.900. The van der Waals surface area contributed by atoms with Gasteiger partial charge in [0.15, 0.2) is 0 Å². The number of nitrogens with two attached hydrogens (primary N) is 1. The molecular weight excluding hydrogens is 210 g/mol. The van der Waals surface area contributed by atoms with Gasteiger partial charge in [0.1, 0.15) is 0 Å². The molecule has 0 aliphatic carbocycles. The van der Waals surface area contributed by atoms with Crippen LogP contribution in [-0.4, -0.2) is 29.4 Å². The van der Waals surface area contributed by atoms with Crippen molar-refractivity contribution in [3.05, 3.63) is 35.9 Å². The standard InChI is InChI=1S/C11H17NO2S/c1-14-7-8-15(13)9-11(12)10-5-3-2-4-6-10/h2-6,11H,7-9,12H2,1H3. The van der Waals surface area contributed by atoms with E-state index in [0.29, 0.717) is 18.1 Å². The van der Waals surface area contributed by atoms with E-state index < -0.39 is 10.8 Å². The van der Waals surface area contributed by atoms with E-state index in [1.807, 2.05) is 30.3 Å². The number of ether oxygens (including phenoxy) is 1. The van der Waals surface area contributed by atoms with Gasteiger partial charge in [-0.25, -0.2) is 0 Å². The third-order valence-corrected chi connectivity index (χ3v) is 3.46. The SMILES string of the molecule is COCCS(=O)CC(N)c1ccccc1. The summed E-state index contributed by atoms with van der Waals surface area (Å²) in [6, 6.07) is 9.58. The first-order valence-electron chi connectivity index (χ1n) is 4.88. The average Bonchev–Trinajstić information content (AvgIpc) is 2.27. The molecule has 1 rings (SSSR count). The van der Waals surface area contributed by atoms with E-state index in [1.165, 1.54) is 0 Å². The first kappa shape index (κ1) is 12.4. The predicted octanol–water partition coefficient (Wildman–Crippen LogP) is 1.08. The van der Waals surface area contributed by atoms with E-state index in [-0.39, 0.29) is 6.04 Å². The van der Waals surface area contributed by atoms with Crippen molar-refractivity contribution >= 4 is 10.8 Å². The van der Waals surface area contributed by atoms with Crippen molar-refractivity contribution in [3.63, 3.8) is 0 Å². The van der Waals surface area contributed by atoms with Gasteiger partial charge in [-0.1, -0.05) is 30.3 Å². The van der Waals surface area contributed by atoms with Crippen LogP contribution >= 0.6 is 0 Å². The Hall–Kier alpha value is -0.710. The Kier molecular flexibility index (Phi) is 5.53. The normalized spacial score (nSPS) is 14.8. The second-order valence-corrected chi connectivity index (χ2v) is 4.94.